The van der Waals surface area contributed by atoms with E-state index in [4.69, 9.17) is 4.74 Å². The van der Waals surface area contributed by atoms with Gasteiger partial charge in [-0.2, -0.15) is 5.26 Å². The van der Waals surface area contributed by atoms with Crippen LogP contribution in [0.2, 0.25) is 0 Å². The summed E-state index contributed by atoms with van der Waals surface area (Å²) in [5, 5.41) is 22.9. The monoisotopic (exact) mass is 366 g/mol. The van der Waals surface area contributed by atoms with E-state index in [0.717, 1.165) is 16.5 Å². The highest BCUT2D eigenvalue weighted by molar-refractivity contribution is 7.09. The highest BCUT2D eigenvalue weighted by Crippen LogP contribution is 2.26. The summed E-state index contributed by atoms with van der Waals surface area (Å²) in [6.07, 6.45) is 0. The number of nitrogens with zero attached hydrogens (tertiary/aromatic N) is 2. The van der Waals surface area contributed by atoms with Gasteiger partial charge in [0.25, 0.3) is 0 Å². The number of ether oxygens (including phenoxy) is 1. The van der Waals surface area contributed by atoms with Gasteiger partial charge in [0.15, 0.2) is 18.3 Å². The number of carbonyl (C=O) groups excluding carboxylic acids is 2. The summed E-state index contributed by atoms with van der Waals surface area (Å²) in [5.74, 6) is -2.69. The Hall–Kier alpha value is -3.24. The Morgan fingerprint density at radius 2 is 2.00 bits per heavy atom. The van der Waals surface area contributed by atoms with Gasteiger partial charge in [0, 0.05) is 11.1 Å². The molecular formula is C19H14N2O4S. The number of esters is 1. The highest BCUT2D eigenvalue weighted by Gasteiger charge is 2.25. The lowest BCUT2D eigenvalue weighted by atomic mass is 10.1. The Labute approximate surface area is 153 Å². The largest absolute Gasteiger partial charge is 0.507 e. The standard InChI is InChI=1S/C19H14N2O4S/c1-11-10-26-18(21-11)15(8-20)17(23)9-25-19(24)14-6-12-4-2-3-5-13(12)7-16(14)22/h2-7,10,15,22H,9H2,1H3/t15-/m1/s1. The van der Waals surface area contributed by atoms with E-state index in [1.165, 1.54) is 23.5 Å². The van der Waals surface area contributed by atoms with Crippen molar-refractivity contribution < 1.29 is 19.4 Å². The number of Topliss-reactive ketones (excluding diaryl/α,β-unsaturated/α-hetero) is 1. The molecule has 1 heterocycles. The summed E-state index contributed by atoms with van der Waals surface area (Å²) < 4.78 is 5.01. The Kier molecular flexibility index (Phi) is 4.96. The van der Waals surface area contributed by atoms with Crippen molar-refractivity contribution in [2.45, 2.75) is 12.8 Å². The topological polar surface area (TPSA) is 100 Å². The lowest BCUT2D eigenvalue weighted by molar-refractivity contribution is -0.122. The summed E-state index contributed by atoms with van der Waals surface area (Å²) in [5.41, 5.74) is 0.686. The number of nitriles is 1. The minimum Gasteiger partial charge on any atom is -0.507 e. The summed E-state index contributed by atoms with van der Waals surface area (Å²) in [6, 6.07) is 12.1. The molecule has 2 aromatic carbocycles. The van der Waals surface area contributed by atoms with Crippen LogP contribution in [0, 0.1) is 18.3 Å². The van der Waals surface area contributed by atoms with Crippen LogP contribution in [-0.2, 0) is 9.53 Å². The number of benzene rings is 2. The number of fused-ring (bicyclic) bond motifs is 1. The molecule has 0 saturated carbocycles. The van der Waals surface area contributed by atoms with E-state index in [2.05, 4.69) is 4.98 Å². The molecule has 0 spiro atoms. The number of aromatic hydroxyl groups is 1. The van der Waals surface area contributed by atoms with Crippen molar-refractivity contribution in [3.63, 3.8) is 0 Å². The van der Waals surface area contributed by atoms with Crippen molar-refractivity contribution in [1.82, 2.24) is 4.98 Å². The predicted octanol–water partition coefficient (Wildman–Crippen LogP) is 3.34. The minimum absolute atomic E-state index is 0.0323. The summed E-state index contributed by atoms with van der Waals surface area (Å²) in [4.78, 5) is 28.6. The molecule has 1 atom stereocenters. The van der Waals surface area contributed by atoms with Gasteiger partial charge in [-0.05, 0) is 29.8 Å². The number of hydrogen-bond acceptors (Lipinski definition) is 7. The lowest BCUT2D eigenvalue weighted by Gasteiger charge is -2.09. The number of rotatable bonds is 5. The van der Waals surface area contributed by atoms with E-state index in [-0.39, 0.29) is 11.3 Å². The molecule has 3 aromatic rings. The maximum atomic E-state index is 12.2. The Morgan fingerprint density at radius 3 is 2.62 bits per heavy atom. The van der Waals surface area contributed by atoms with Gasteiger partial charge in [0.1, 0.15) is 16.3 Å². The average molecular weight is 366 g/mol. The van der Waals surface area contributed by atoms with Crippen LogP contribution in [0.3, 0.4) is 0 Å². The molecule has 0 saturated heterocycles. The van der Waals surface area contributed by atoms with E-state index < -0.39 is 24.3 Å². The highest BCUT2D eigenvalue weighted by atomic mass is 32.1. The first kappa shape index (κ1) is 17.6. The van der Waals surface area contributed by atoms with E-state index in [9.17, 15) is 20.0 Å². The minimum atomic E-state index is -1.08. The summed E-state index contributed by atoms with van der Waals surface area (Å²) in [7, 11) is 0. The lowest BCUT2D eigenvalue weighted by Crippen LogP contribution is -2.20. The molecule has 0 bridgehead atoms. The maximum Gasteiger partial charge on any atom is 0.342 e. The van der Waals surface area contributed by atoms with E-state index in [0.29, 0.717) is 5.01 Å². The van der Waals surface area contributed by atoms with Crippen LogP contribution in [-0.4, -0.2) is 28.4 Å². The second-order valence-corrected chi connectivity index (χ2v) is 6.54. The van der Waals surface area contributed by atoms with Crippen LogP contribution in [0.5, 0.6) is 5.75 Å². The molecular weight excluding hydrogens is 352 g/mol. The summed E-state index contributed by atoms with van der Waals surface area (Å²) >= 11 is 1.21. The first-order valence-corrected chi connectivity index (χ1v) is 8.61. The second-order valence-electron chi connectivity index (χ2n) is 5.65. The van der Waals surface area contributed by atoms with E-state index >= 15 is 0 Å². The van der Waals surface area contributed by atoms with Crippen molar-refractivity contribution in [3.8, 4) is 11.8 Å². The molecule has 26 heavy (non-hydrogen) atoms. The normalized spacial score (nSPS) is 11.7. The van der Waals surface area contributed by atoms with Crippen LogP contribution in [0.1, 0.15) is 27.0 Å². The van der Waals surface area contributed by atoms with E-state index in [1.807, 2.05) is 18.2 Å². The van der Waals surface area contributed by atoms with Gasteiger partial charge in [-0.15, -0.1) is 11.3 Å². The van der Waals surface area contributed by atoms with Crippen LogP contribution in [0.15, 0.2) is 41.8 Å². The second kappa shape index (κ2) is 7.33. The Balaban J connectivity index is 1.73. The van der Waals surface area contributed by atoms with Gasteiger partial charge >= 0.3 is 5.97 Å². The van der Waals surface area contributed by atoms with E-state index in [1.54, 1.807) is 24.4 Å². The van der Waals surface area contributed by atoms with Gasteiger partial charge in [-0.25, -0.2) is 9.78 Å². The van der Waals surface area contributed by atoms with Gasteiger partial charge in [0.05, 0.1) is 6.07 Å². The first-order valence-electron chi connectivity index (χ1n) is 7.73. The zero-order chi connectivity index (χ0) is 18.7. The molecule has 3 rings (SSSR count). The van der Waals surface area contributed by atoms with Crippen LogP contribution in [0.25, 0.3) is 10.8 Å². The number of aromatic nitrogens is 1. The molecule has 0 aliphatic heterocycles. The molecule has 0 radical (unpaired) electrons. The molecule has 0 aliphatic carbocycles. The molecule has 0 fully saturated rings. The predicted molar refractivity (Wildman–Crippen MR) is 96.1 cm³/mol. The number of thiazole rings is 1. The fourth-order valence-corrected chi connectivity index (χ4v) is 3.32. The third kappa shape index (κ3) is 3.55. The number of hydrogen-bond donors (Lipinski definition) is 1. The number of aryl methyl sites for hydroxylation is 1. The first-order chi connectivity index (χ1) is 12.5. The number of phenols is 1. The van der Waals surface area contributed by atoms with Gasteiger partial charge < -0.3 is 9.84 Å². The van der Waals surface area contributed by atoms with Gasteiger partial charge in [0.2, 0.25) is 0 Å². The zero-order valence-corrected chi connectivity index (χ0v) is 14.6. The molecule has 1 N–H and O–H groups in total. The average Bonchev–Trinajstić information content (AvgIpc) is 3.05. The van der Waals surface area contributed by atoms with Gasteiger partial charge in [-0.3, -0.25) is 4.79 Å². The fraction of sp³-hybridized carbons (Fsp3) is 0.158. The van der Waals surface area contributed by atoms with Gasteiger partial charge in [-0.1, -0.05) is 24.3 Å². The SMILES string of the molecule is Cc1csc([C@H](C#N)C(=O)COC(=O)c2cc3ccccc3cc2O)n1. The van der Waals surface area contributed by atoms with Crippen molar-refractivity contribution in [3.05, 3.63) is 58.0 Å². The summed E-state index contributed by atoms with van der Waals surface area (Å²) in [6.45, 7) is 1.20. The molecule has 130 valence electrons. The number of ketones is 1. The third-order valence-electron chi connectivity index (χ3n) is 3.76. The smallest absolute Gasteiger partial charge is 0.342 e. The molecule has 0 unspecified atom stereocenters. The molecule has 1 aromatic heterocycles. The quantitative estimate of drug-likeness (QED) is 0.695. The number of carbonyl (C=O) groups is 2. The van der Waals surface area contributed by atoms with Crippen molar-refractivity contribution in [2.24, 2.45) is 0 Å². The van der Waals surface area contributed by atoms with Crippen LogP contribution in [0.4, 0.5) is 0 Å². The molecule has 6 nitrogen and oxygen atoms in total. The molecule has 0 amide bonds. The van der Waals surface area contributed by atoms with Crippen molar-refractivity contribution in [1.29, 1.82) is 5.26 Å². The molecule has 0 aliphatic rings. The third-order valence-corrected chi connectivity index (χ3v) is 4.79. The van der Waals surface area contributed by atoms with Crippen molar-refractivity contribution in [2.75, 3.05) is 6.61 Å². The number of phenolic OH excluding ortho intramolecular Hbond substituents is 1. The Bertz CT molecular complexity index is 1040. The molecule has 7 heteroatoms. The van der Waals surface area contributed by atoms with Crippen molar-refractivity contribution >= 4 is 33.9 Å². The fourth-order valence-electron chi connectivity index (χ4n) is 2.46. The zero-order valence-electron chi connectivity index (χ0n) is 13.8. The van der Waals surface area contributed by atoms with Crippen LogP contribution < -0.4 is 0 Å². The Morgan fingerprint density at radius 1 is 1.31 bits per heavy atom. The maximum absolute atomic E-state index is 12.2. The van der Waals surface area contributed by atoms with Crippen LogP contribution >= 0.6 is 11.3 Å².